The Hall–Kier alpha value is -2.43. The van der Waals surface area contributed by atoms with Crippen LogP contribution in [0, 0.1) is 0 Å². The average molecular weight is 310 g/mol. The van der Waals surface area contributed by atoms with E-state index in [1.165, 1.54) is 12.0 Å². The van der Waals surface area contributed by atoms with Crippen molar-refractivity contribution in [2.45, 2.75) is 32.6 Å². The van der Waals surface area contributed by atoms with E-state index in [9.17, 15) is 4.79 Å². The Morgan fingerprint density at radius 3 is 2.61 bits per heavy atom. The maximum absolute atomic E-state index is 12.4. The van der Waals surface area contributed by atoms with Gasteiger partial charge in [-0.25, -0.2) is 9.97 Å². The maximum atomic E-state index is 12.4. The van der Waals surface area contributed by atoms with Gasteiger partial charge in [-0.15, -0.1) is 0 Å². The van der Waals surface area contributed by atoms with E-state index >= 15 is 0 Å². The summed E-state index contributed by atoms with van der Waals surface area (Å²) in [6.07, 6.45) is 7.49. The number of aromatic nitrogens is 2. The van der Waals surface area contributed by atoms with Crippen LogP contribution in [0.2, 0.25) is 0 Å². The third-order valence-corrected chi connectivity index (χ3v) is 4.18. The highest BCUT2D eigenvalue weighted by molar-refractivity contribution is 5.92. The quantitative estimate of drug-likeness (QED) is 0.940. The van der Waals surface area contributed by atoms with Gasteiger partial charge < -0.3 is 10.2 Å². The fourth-order valence-corrected chi connectivity index (χ4v) is 2.85. The zero-order valence-corrected chi connectivity index (χ0v) is 13.5. The van der Waals surface area contributed by atoms with E-state index in [0.29, 0.717) is 11.5 Å². The highest BCUT2D eigenvalue weighted by Crippen LogP contribution is 2.19. The maximum Gasteiger partial charge on any atom is 0.274 e. The van der Waals surface area contributed by atoms with Gasteiger partial charge in [0.1, 0.15) is 11.5 Å². The van der Waals surface area contributed by atoms with E-state index in [1.807, 2.05) is 23.1 Å². The van der Waals surface area contributed by atoms with Gasteiger partial charge in [0.05, 0.1) is 12.4 Å². The van der Waals surface area contributed by atoms with Crippen molar-refractivity contribution in [1.29, 1.82) is 0 Å². The Bertz CT molecular complexity index is 663. The molecule has 1 saturated heterocycles. The van der Waals surface area contributed by atoms with Gasteiger partial charge in [0, 0.05) is 18.8 Å². The summed E-state index contributed by atoms with van der Waals surface area (Å²) in [5.41, 5.74) is 2.67. The first-order valence-electron chi connectivity index (χ1n) is 8.24. The number of anilines is 2. The van der Waals surface area contributed by atoms with E-state index in [0.717, 1.165) is 38.0 Å². The van der Waals surface area contributed by atoms with Gasteiger partial charge in [-0.05, 0) is 37.3 Å². The van der Waals surface area contributed by atoms with Crippen molar-refractivity contribution in [2.24, 2.45) is 0 Å². The lowest BCUT2D eigenvalue weighted by molar-refractivity contribution is 0.0718. The van der Waals surface area contributed by atoms with Crippen molar-refractivity contribution < 1.29 is 4.79 Å². The van der Waals surface area contributed by atoms with Gasteiger partial charge in [0.25, 0.3) is 5.91 Å². The van der Waals surface area contributed by atoms with Gasteiger partial charge in [0.2, 0.25) is 0 Å². The lowest BCUT2D eigenvalue weighted by Crippen LogP contribution is -2.36. The van der Waals surface area contributed by atoms with Gasteiger partial charge in [-0.1, -0.05) is 25.1 Å². The highest BCUT2D eigenvalue weighted by atomic mass is 16.2. The van der Waals surface area contributed by atoms with Crippen LogP contribution in [0.4, 0.5) is 11.5 Å². The van der Waals surface area contributed by atoms with Gasteiger partial charge in [-0.2, -0.15) is 0 Å². The third kappa shape index (κ3) is 3.67. The largest absolute Gasteiger partial charge is 0.339 e. The first kappa shape index (κ1) is 15.5. The van der Waals surface area contributed by atoms with Crippen molar-refractivity contribution in [1.82, 2.24) is 14.9 Å². The molecule has 0 radical (unpaired) electrons. The van der Waals surface area contributed by atoms with Crippen molar-refractivity contribution in [3.63, 3.8) is 0 Å². The molecule has 1 aliphatic rings. The molecule has 0 unspecified atom stereocenters. The predicted molar refractivity (Wildman–Crippen MR) is 90.9 cm³/mol. The minimum atomic E-state index is -0.0160. The SMILES string of the molecule is CCc1ccccc1Nc1cnc(C(=O)N2CCCCC2)cn1. The summed E-state index contributed by atoms with van der Waals surface area (Å²) in [5, 5.41) is 3.27. The van der Waals surface area contributed by atoms with E-state index < -0.39 is 0 Å². The Balaban J connectivity index is 1.70. The number of carbonyl (C=O) groups excluding carboxylic acids is 1. The smallest absolute Gasteiger partial charge is 0.274 e. The summed E-state index contributed by atoms with van der Waals surface area (Å²) < 4.78 is 0. The molecule has 120 valence electrons. The number of carbonyl (C=O) groups is 1. The fraction of sp³-hybridized carbons (Fsp3) is 0.389. The van der Waals surface area contributed by atoms with Crippen LogP contribution >= 0.6 is 0 Å². The number of likely N-dealkylation sites (tertiary alicyclic amines) is 1. The number of hydrogen-bond acceptors (Lipinski definition) is 4. The van der Waals surface area contributed by atoms with E-state index in [-0.39, 0.29) is 5.91 Å². The molecule has 5 heteroatoms. The molecule has 0 aliphatic carbocycles. The molecule has 0 atom stereocenters. The Morgan fingerprint density at radius 1 is 1.13 bits per heavy atom. The molecule has 2 aromatic rings. The number of nitrogens with one attached hydrogen (secondary N) is 1. The summed E-state index contributed by atoms with van der Waals surface area (Å²) in [5.74, 6) is 0.638. The minimum Gasteiger partial charge on any atom is -0.339 e. The standard InChI is InChI=1S/C18H22N4O/c1-2-14-8-4-5-9-15(14)21-17-13-19-16(12-20-17)18(23)22-10-6-3-7-11-22/h4-5,8-9,12-13H,2-3,6-7,10-11H2,1H3,(H,20,21). The summed E-state index contributed by atoms with van der Waals surface area (Å²) in [7, 11) is 0. The number of nitrogens with zero attached hydrogens (tertiary/aromatic N) is 3. The number of para-hydroxylation sites is 1. The van der Waals surface area contributed by atoms with Crippen LogP contribution < -0.4 is 5.32 Å². The lowest BCUT2D eigenvalue weighted by Gasteiger charge is -2.26. The molecule has 5 nitrogen and oxygen atoms in total. The van der Waals surface area contributed by atoms with Gasteiger partial charge in [-0.3, -0.25) is 4.79 Å². The number of hydrogen-bond donors (Lipinski definition) is 1. The Labute approximate surface area is 136 Å². The molecule has 3 rings (SSSR count). The van der Waals surface area contributed by atoms with Gasteiger partial charge >= 0.3 is 0 Å². The zero-order valence-electron chi connectivity index (χ0n) is 13.5. The van der Waals surface area contributed by atoms with Crippen LogP contribution in [0.25, 0.3) is 0 Å². The number of amides is 1. The Kier molecular flexibility index (Phi) is 4.86. The summed E-state index contributed by atoms with van der Waals surface area (Å²) in [6.45, 7) is 3.77. The van der Waals surface area contributed by atoms with Crippen LogP contribution in [0.15, 0.2) is 36.7 Å². The highest BCUT2D eigenvalue weighted by Gasteiger charge is 2.19. The monoisotopic (exact) mass is 310 g/mol. The Morgan fingerprint density at radius 2 is 1.91 bits per heavy atom. The van der Waals surface area contributed by atoms with Crippen molar-refractivity contribution in [3.8, 4) is 0 Å². The molecule has 1 fully saturated rings. The number of benzene rings is 1. The number of aryl methyl sites for hydroxylation is 1. The van der Waals surface area contributed by atoms with E-state index in [2.05, 4.69) is 28.3 Å². The molecule has 2 heterocycles. The van der Waals surface area contributed by atoms with Crippen LogP contribution in [-0.2, 0) is 6.42 Å². The molecular weight excluding hydrogens is 288 g/mol. The van der Waals surface area contributed by atoms with Crippen LogP contribution in [0.1, 0.15) is 42.2 Å². The molecule has 1 amide bonds. The molecular formula is C18H22N4O. The molecule has 1 aliphatic heterocycles. The summed E-state index contributed by atoms with van der Waals surface area (Å²) in [6, 6.07) is 8.12. The predicted octanol–water partition coefficient (Wildman–Crippen LogP) is 3.41. The van der Waals surface area contributed by atoms with Crippen LogP contribution in [0.3, 0.4) is 0 Å². The lowest BCUT2D eigenvalue weighted by atomic mass is 10.1. The topological polar surface area (TPSA) is 58.1 Å². The van der Waals surface area contributed by atoms with Crippen molar-refractivity contribution >= 4 is 17.4 Å². The minimum absolute atomic E-state index is 0.0160. The van der Waals surface area contributed by atoms with E-state index in [1.54, 1.807) is 12.4 Å². The van der Waals surface area contributed by atoms with Crippen LogP contribution in [-0.4, -0.2) is 33.9 Å². The summed E-state index contributed by atoms with van der Waals surface area (Å²) >= 11 is 0. The summed E-state index contributed by atoms with van der Waals surface area (Å²) in [4.78, 5) is 22.9. The number of rotatable bonds is 4. The first-order chi connectivity index (χ1) is 11.3. The second kappa shape index (κ2) is 7.22. The number of piperidine rings is 1. The second-order valence-electron chi connectivity index (χ2n) is 5.78. The average Bonchev–Trinajstić information content (AvgIpc) is 2.63. The van der Waals surface area contributed by atoms with Crippen LogP contribution in [0.5, 0.6) is 0 Å². The van der Waals surface area contributed by atoms with Gasteiger partial charge in [0.15, 0.2) is 0 Å². The molecule has 1 N–H and O–H groups in total. The molecule has 1 aromatic carbocycles. The fourth-order valence-electron chi connectivity index (χ4n) is 2.85. The normalized spacial score (nSPS) is 14.6. The molecule has 0 spiro atoms. The second-order valence-corrected chi connectivity index (χ2v) is 5.78. The molecule has 0 saturated carbocycles. The van der Waals surface area contributed by atoms with E-state index in [4.69, 9.17) is 0 Å². The third-order valence-electron chi connectivity index (χ3n) is 4.18. The zero-order chi connectivity index (χ0) is 16.1. The molecule has 1 aromatic heterocycles. The molecule has 0 bridgehead atoms. The first-order valence-corrected chi connectivity index (χ1v) is 8.24. The molecule has 23 heavy (non-hydrogen) atoms. The van der Waals surface area contributed by atoms with Crippen molar-refractivity contribution in [3.05, 3.63) is 47.9 Å². The van der Waals surface area contributed by atoms with Crippen molar-refractivity contribution in [2.75, 3.05) is 18.4 Å².